The number of benzene rings is 1. The fraction of sp³-hybridized carbons (Fsp3) is 0. The van der Waals surface area contributed by atoms with Gasteiger partial charge in [-0.25, -0.2) is 0 Å². The van der Waals surface area contributed by atoms with Crippen molar-refractivity contribution >= 4 is 16.3 Å². The van der Waals surface area contributed by atoms with Crippen molar-refractivity contribution < 1.29 is 0 Å². The molecule has 0 aliphatic rings. The van der Waals surface area contributed by atoms with Crippen molar-refractivity contribution in [2.75, 3.05) is 0 Å². The monoisotopic (exact) mass is 453 g/mol. The molecule has 0 fully saturated rings. The molecule has 166 valence electrons. The average Bonchev–Trinajstić information content (AvgIpc) is 3.68. The first-order valence-electron chi connectivity index (χ1n) is 11.3. The van der Waals surface area contributed by atoms with Crippen LogP contribution in [-0.2, 0) is 0 Å². The van der Waals surface area contributed by atoms with Gasteiger partial charge in [-0.3, -0.25) is 9.97 Å². The van der Waals surface area contributed by atoms with Crippen molar-refractivity contribution in [1.29, 1.82) is 0 Å². The molecule has 0 spiro atoms. The van der Waals surface area contributed by atoms with Crippen LogP contribution in [0, 0.1) is 0 Å². The van der Waals surface area contributed by atoms with E-state index >= 15 is 0 Å². The highest BCUT2D eigenvalue weighted by Crippen LogP contribution is 2.45. The Morgan fingerprint density at radius 1 is 0.743 bits per heavy atom. The zero-order valence-corrected chi connectivity index (χ0v) is 18.6. The SMILES string of the molecule is c1cnnc(-c2[nH]c(-c3ccn4ccccc34)c3ccc(-c4ccc[nH]4)c(-c4cnccn4)c23)c1. The lowest BCUT2D eigenvalue weighted by Gasteiger charge is -2.11. The summed E-state index contributed by atoms with van der Waals surface area (Å²) in [6, 6.07) is 20.6. The summed E-state index contributed by atoms with van der Waals surface area (Å²) in [4.78, 5) is 16.1. The van der Waals surface area contributed by atoms with Crippen molar-refractivity contribution in [3.05, 3.63) is 104 Å². The van der Waals surface area contributed by atoms with Crippen LogP contribution in [0.3, 0.4) is 0 Å². The lowest BCUT2D eigenvalue weighted by atomic mass is 9.93. The third kappa shape index (κ3) is 3.06. The Hall–Kier alpha value is -5.04. The number of H-pyrrole nitrogens is 2. The van der Waals surface area contributed by atoms with Gasteiger partial charge in [0.15, 0.2) is 0 Å². The number of hydrogen-bond acceptors (Lipinski definition) is 4. The third-order valence-electron chi connectivity index (χ3n) is 6.35. The number of aromatic amines is 2. The standard InChI is InChI=1S/C28H19N7/c1-2-15-35-16-10-19(24(35)7-1)27-20-9-8-18(21-5-3-11-30-21)25(23-17-29-13-14-31-23)26(20)28(33-27)22-6-4-12-32-34-22/h1-17,30,33H. The second-order valence-corrected chi connectivity index (χ2v) is 8.29. The molecular weight excluding hydrogens is 434 g/mol. The maximum Gasteiger partial charge on any atom is 0.110 e. The molecule has 0 aliphatic carbocycles. The van der Waals surface area contributed by atoms with Crippen LogP contribution in [0.1, 0.15) is 0 Å². The Balaban J connectivity index is 1.64. The van der Waals surface area contributed by atoms with E-state index in [4.69, 9.17) is 4.98 Å². The van der Waals surface area contributed by atoms with Crippen LogP contribution in [0.25, 0.3) is 61.4 Å². The molecule has 1 aromatic carbocycles. The summed E-state index contributed by atoms with van der Waals surface area (Å²) in [6.45, 7) is 0. The molecule has 0 radical (unpaired) electrons. The van der Waals surface area contributed by atoms with Gasteiger partial charge in [0.1, 0.15) is 5.69 Å². The molecule has 35 heavy (non-hydrogen) atoms. The number of fused-ring (bicyclic) bond motifs is 2. The minimum Gasteiger partial charge on any atom is -0.361 e. The van der Waals surface area contributed by atoms with Gasteiger partial charge in [0.05, 0.1) is 28.8 Å². The first-order chi connectivity index (χ1) is 17.4. The molecule has 0 bridgehead atoms. The van der Waals surface area contributed by atoms with Gasteiger partial charge < -0.3 is 14.4 Å². The topological polar surface area (TPSA) is 87.5 Å². The van der Waals surface area contributed by atoms with Gasteiger partial charge in [0, 0.05) is 70.3 Å². The van der Waals surface area contributed by atoms with Crippen molar-refractivity contribution in [2.24, 2.45) is 0 Å². The number of hydrogen-bond donors (Lipinski definition) is 2. The van der Waals surface area contributed by atoms with Gasteiger partial charge in [0.25, 0.3) is 0 Å². The first kappa shape index (κ1) is 19.4. The van der Waals surface area contributed by atoms with Gasteiger partial charge in [-0.15, -0.1) is 5.10 Å². The highest BCUT2D eigenvalue weighted by molar-refractivity contribution is 6.15. The lowest BCUT2D eigenvalue weighted by Crippen LogP contribution is -1.93. The van der Waals surface area contributed by atoms with Gasteiger partial charge in [-0.2, -0.15) is 5.10 Å². The van der Waals surface area contributed by atoms with E-state index in [1.54, 1.807) is 18.6 Å². The molecule has 2 N–H and O–H groups in total. The highest BCUT2D eigenvalue weighted by Gasteiger charge is 2.23. The number of pyridine rings is 1. The Bertz CT molecular complexity index is 1780. The summed E-state index contributed by atoms with van der Waals surface area (Å²) < 4.78 is 2.13. The molecule has 7 aromatic rings. The Morgan fingerprint density at radius 3 is 2.57 bits per heavy atom. The third-order valence-corrected chi connectivity index (χ3v) is 6.35. The molecule has 6 heterocycles. The summed E-state index contributed by atoms with van der Waals surface area (Å²) in [5.41, 5.74) is 8.75. The van der Waals surface area contributed by atoms with Crippen LogP contribution in [-0.4, -0.2) is 34.5 Å². The summed E-state index contributed by atoms with van der Waals surface area (Å²) in [5.74, 6) is 0. The van der Waals surface area contributed by atoms with E-state index in [2.05, 4.69) is 78.3 Å². The van der Waals surface area contributed by atoms with Gasteiger partial charge in [-0.05, 0) is 42.5 Å². The zero-order chi connectivity index (χ0) is 23.2. The molecule has 7 rings (SSSR count). The fourth-order valence-corrected chi connectivity index (χ4v) is 4.85. The number of rotatable bonds is 4. The van der Waals surface area contributed by atoms with Crippen LogP contribution < -0.4 is 0 Å². The second-order valence-electron chi connectivity index (χ2n) is 8.29. The molecule has 0 saturated carbocycles. The average molecular weight is 454 g/mol. The number of nitrogens with zero attached hydrogens (tertiary/aromatic N) is 5. The van der Waals surface area contributed by atoms with E-state index in [-0.39, 0.29) is 0 Å². The highest BCUT2D eigenvalue weighted by atomic mass is 15.1. The Morgan fingerprint density at radius 2 is 1.74 bits per heavy atom. The molecule has 7 nitrogen and oxygen atoms in total. The van der Waals surface area contributed by atoms with Gasteiger partial charge in [-0.1, -0.05) is 18.2 Å². The maximum absolute atomic E-state index is 4.70. The molecule has 0 saturated heterocycles. The van der Waals surface area contributed by atoms with Crippen LogP contribution in [0.2, 0.25) is 0 Å². The predicted molar refractivity (Wildman–Crippen MR) is 137 cm³/mol. The zero-order valence-electron chi connectivity index (χ0n) is 18.6. The molecule has 0 aliphatic heterocycles. The normalized spacial score (nSPS) is 11.4. The predicted octanol–water partition coefficient (Wildman–Crippen LogP) is 6.00. The summed E-state index contributed by atoms with van der Waals surface area (Å²) >= 11 is 0. The second kappa shape index (κ2) is 7.78. The smallest absolute Gasteiger partial charge is 0.110 e. The lowest BCUT2D eigenvalue weighted by molar-refractivity contribution is 1.03. The number of nitrogens with one attached hydrogen (secondary N) is 2. The van der Waals surface area contributed by atoms with Gasteiger partial charge in [0.2, 0.25) is 0 Å². The Kier molecular flexibility index (Phi) is 4.32. The van der Waals surface area contributed by atoms with E-state index in [0.29, 0.717) is 0 Å². The van der Waals surface area contributed by atoms with E-state index in [1.165, 1.54) is 0 Å². The maximum atomic E-state index is 4.70. The van der Waals surface area contributed by atoms with E-state index in [0.717, 1.165) is 61.4 Å². The van der Waals surface area contributed by atoms with E-state index < -0.39 is 0 Å². The van der Waals surface area contributed by atoms with Crippen molar-refractivity contribution in [3.63, 3.8) is 0 Å². The summed E-state index contributed by atoms with van der Waals surface area (Å²) in [5, 5.41) is 10.7. The quantitative estimate of drug-likeness (QED) is 0.342. The molecule has 0 amide bonds. The molecule has 6 aromatic heterocycles. The van der Waals surface area contributed by atoms with Crippen molar-refractivity contribution in [2.45, 2.75) is 0 Å². The van der Waals surface area contributed by atoms with Crippen LogP contribution in [0.5, 0.6) is 0 Å². The Labute approximate surface area is 200 Å². The van der Waals surface area contributed by atoms with Crippen LogP contribution in [0.4, 0.5) is 0 Å². The molecule has 0 unspecified atom stereocenters. The summed E-state index contributed by atoms with van der Waals surface area (Å²) in [7, 11) is 0. The van der Waals surface area contributed by atoms with E-state index in [9.17, 15) is 0 Å². The van der Waals surface area contributed by atoms with Crippen molar-refractivity contribution in [1.82, 2.24) is 34.5 Å². The molecule has 0 atom stereocenters. The minimum absolute atomic E-state index is 0.765. The van der Waals surface area contributed by atoms with Gasteiger partial charge >= 0.3 is 0 Å². The molecular formula is C28H19N7. The molecule has 7 heteroatoms. The minimum atomic E-state index is 0.765. The van der Waals surface area contributed by atoms with E-state index in [1.807, 2.05) is 36.7 Å². The van der Waals surface area contributed by atoms with Crippen LogP contribution in [0.15, 0.2) is 104 Å². The van der Waals surface area contributed by atoms with Crippen LogP contribution >= 0.6 is 0 Å². The first-order valence-corrected chi connectivity index (χ1v) is 11.3. The van der Waals surface area contributed by atoms with Crippen molar-refractivity contribution in [3.8, 4) is 45.2 Å². The summed E-state index contributed by atoms with van der Waals surface area (Å²) in [6.07, 6.45) is 13.0. The number of aromatic nitrogens is 7. The largest absolute Gasteiger partial charge is 0.361 e. The fourth-order valence-electron chi connectivity index (χ4n) is 4.85.